The molecule has 2 N–H and O–H groups in total. The molecular weight excluding hydrogens is 268 g/mol. The summed E-state index contributed by atoms with van der Waals surface area (Å²) in [7, 11) is 1.24. The summed E-state index contributed by atoms with van der Waals surface area (Å²) in [5.74, 6) is -2.02. The van der Waals surface area contributed by atoms with Gasteiger partial charge in [0.25, 0.3) is 0 Å². The summed E-state index contributed by atoms with van der Waals surface area (Å²) in [4.78, 5) is 11.2. The molecule has 1 heterocycles. The van der Waals surface area contributed by atoms with Crippen molar-refractivity contribution < 1.29 is 22.7 Å². The highest BCUT2D eigenvalue weighted by Crippen LogP contribution is 2.20. The van der Waals surface area contributed by atoms with Gasteiger partial charge in [0.15, 0.2) is 11.6 Å². The SMILES string of the molecule is COC(=O)c1ccc(C(N)Cc2ccc(F)c(F)c2)o1. The molecular formula is C14H13F2NO3. The molecule has 0 amide bonds. The van der Waals surface area contributed by atoms with Crippen molar-refractivity contribution in [2.75, 3.05) is 7.11 Å². The van der Waals surface area contributed by atoms with E-state index in [1.807, 2.05) is 0 Å². The van der Waals surface area contributed by atoms with Crippen molar-refractivity contribution in [1.29, 1.82) is 0 Å². The molecule has 0 aliphatic heterocycles. The first kappa shape index (κ1) is 14.2. The van der Waals surface area contributed by atoms with Crippen molar-refractivity contribution in [3.05, 3.63) is 59.1 Å². The molecule has 20 heavy (non-hydrogen) atoms. The minimum absolute atomic E-state index is 0.0447. The summed E-state index contributed by atoms with van der Waals surface area (Å²) >= 11 is 0. The van der Waals surface area contributed by atoms with Crippen LogP contribution in [-0.4, -0.2) is 13.1 Å². The standard InChI is InChI=1S/C14H13F2NO3/c1-19-14(18)13-5-4-12(20-13)11(17)7-8-2-3-9(15)10(16)6-8/h2-6,11H,7,17H2,1H3. The van der Waals surface area contributed by atoms with Gasteiger partial charge in [0.2, 0.25) is 5.76 Å². The Morgan fingerprint density at radius 2 is 2.05 bits per heavy atom. The Labute approximate surface area is 114 Å². The fraction of sp³-hybridized carbons (Fsp3) is 0.214. The van der Waals surface area contributed by atoms with Gasteiger partial charge < -0.3 is 14.9 Å². The summed E-state index contributed by atoms with van der Waals surface area (Å²) in [6.45, 7) is 0. The van der Waals surface area contributed by atoms with Crippen molar-refractivity contribution in [3.8, 4) is 0 Å². The quantitative estimate of drug-likeness (QED) is 0.875. The number of carbonyl (C=O) groups excluding carboxylic acids is 1. The van der Waals surface area contributed by atoms with E-state index in [2.05, 4.69) is 4.74 Å². The Morgan fingerprint density at radius 1 is 1.30 bits per heavy atom. The Bertz CT molecular complexity index is 625. The molecule has 1 atom stereocenters. The van der Waals surface area contributed by atoms with Crippen LogP contribution in [0.2, 0.25) is 0 Å². The fourth-order valence-corrected chi connectivity index (χ4v) is 1.78. The normalized spacial score (nSPS) is 12.2. The third-order valence-corrected chi connectivity index (χ3v) is 2.82. The molecule has 0 saturated carbocycles. The first-order chi connectivity index (χ1) is 9.51. The van der Waals surface area contributed by atoms with Crippen molar-refractivity contribution in [3.63, 3.8) is 0 Å². The zero-order valence-corrected chi connectivity index (χ0v) is 10.7. The summed E-state index contributed by atoms with van der Waals surface area (Å²) in [6.07, 6.45) is 0.255. The molecule has 0 aliphatic rings. The van der Waals surface area contributed by atoms with E-state index in [4.69, 9.17) is 10.2 Å². The monoisotopic (exact) mass is 281 g/mol. The zero-order chi connectivity index (χ0) is 14.7. The fourth-order valence-electron chi connectivity index (χ4n) is 1.78. The molecule has 0 aliphatic carbocycles. The van der Waals surface area contributed by atoms with Gasteiger partial charge in [0, 0.05) is 0 Å². The van der Waals surface area contributed by atoms with Crippen LogP contribution in [0.3, 0.4) is 0 Å². The van der Waals surface area contributed by atoms with Gasteiger partial charge in [-0.25, -0.2) is 13.6 Å². The predicted octanol–water partition coefficient (Wildman–Crippen LogP) is 2.59. The van der Waals surface area contributed by atoms with Crippen molar-refractivity contribution >= 4 is 5.97 Å². The highest BCUT2D eigenvalue weighted by Gasteiger charge is 2.16. The lowest BCUT2D eigenvalue weighted by molar-refractivity contribution is 0.0562. The molecule has 0 saturated heterocycles. The molecule has 0 radical (unpaired) electrons. The number of rotatable bonds is 4. The average molecular weight is 281 g/mol. The van der Waals surface area contributed by atoms with Crippen LogP contribution < -0.4 is 5.73 Å². The molecule has 2 aromatic rings. The van der Waals surface area contributed by atoms with Crippen LogP contribution in [0.15, 0.2) is 34.7 Å². The smallest absolute Gasteiger partial charge is 0.373 e. The molecule has 0 bridgehead atoms. The third-order valence-electron chi connectivity index (χ3n) is 2.82. The van der Waals surface area contributed by atoms with E-state index in [-0.39, 0.29) is 12.2 Å². The van der Waals surface area contributed by atoms with E-state index in [1.54, 1.807) is 6.07 Å². The van der Waals surface area contributed by atoms with Crippen molar-refractivity contribution in [1.82, 2.24) is 0 Å². The summed E-state index contributed by atoms with van der Waals surface area (Å²) in [5.41, 5.74) is 6.44. The third kappa shape index (κ3) is 3.03. The van der Waals surface area contributed by atoms with Gasteiger partial charge in [-0.3, -0.25) is 0 Å². The number of halogens is 2. The Kier molecular flexibility index (Phi) is 4.14. The molecule has 0 spiro atoms. The largest absolute Gasteiger partial charge is 0.463 e. The lowest BCUT2D eigenvalue weighted by atomic mass is 10.0. The molecule has 4 nitrogen and oxygen atoms in total. The predicted molar refractivity (Wildman–Crippen MR) is 67.0 cm³/mol. The highest BCUT2D eigenvalue weighted by atomic mass is 19.2. The second-order valence-electron chi connectivity index (χ2n) is 4.25. The topological polar surface area (TPSA) is 65.5 Å². The maximum absolute atomic E-state index is 13.1. The maximum Gasteiger partial charge on any atom is 0.373 e. The van der Waals surface area contributed by atoms with E-state index < -0.39 is 23.6 Å². The van der Waals surface area contributed by atoms with Gasteiger partial charge in [-0.05, 0) is 36.2 Å². The van der Waals surface area contributed by atoms with Gasteiger partial charge in [-0.1, -0.05) is 6.07 Å². The first-order valence-corrected chi connectivity index (χ1v) is 5.89. The van der Waals surface area contributed by atoms with E-state index in [9.17, 15) is 13.6 Å². The van der Waals surface area contributed by atoms with Crippen molar-refractivity contribution in [2.45, 2.75) is 12.5 Å². The number of benzene rings is 1. The molecule has 1 aromatic carbocycles. The number of nitrogens with two attached hydrogens (primary N) is 1. The van der Waals surface area contributed by atoms with Crippen molar-refractivity contribution in [2.24, 2.45) is 5.73 Å². The van der Waals surface area contributed by atoms with Crippen LogP contribution in [0.1, 0.15) is 27.9 Å². The minimum Gasteiger partial charge on any atom is -0.463 e. The first-order valence-electron chi connectivity index (χ1n) is 5.89. The van der Waals surface area contributed by atoms with Gasteiger partial charge in [-0.2, -0.15) is 0 Å². The molecule has 6 heteroatoms. The number of carbonyl (C=O) groups is 1. The lowest BCUT2D eigenvalue weighted by Crippen LogP contribution is -2.13. The summed E-state index contributed by atoms with van der Waals surface area (Å²) in [5, 5.41) is 0. The number of furan rings is 1. The second-order valence-corrected chi connectivity index (χ2v) is 4.25. The van der Waals surface area contributed by atoms with Crippen LogP contribution in [0, 0.1) is 11.6 Å². The zero-order valence-electron chi connectivity index (χ0n) is 10.7. The number of methoxy groups -OCH3 is 1. The second kappa shape index (κ2) is 5.83. The lowest BCUT2D eigenvalue weighted by Gasteiger charge is -2.09. The average Bonchev–Trinajstić information content (AvgIpc) is 2.92. The Hall–Kier alpha value is -2.21. The molecule has 1 aromatic heterocycles. The van der Waals surface area contributed by atoms with Crippen LogP contribution >= 0.6 is 0 Å². The van der Waals surface area contributed by atoms with Gasteiger partial charge in [0.1, 0.15) is 5.76 Å². The van der Waals surface area contributed by atoms with Gasteiger partial charge in [0.05, 0.1) is 13.2 Å². The van der Waals surface area contributed by atoms with Crippen LogP contribution in [0.4, 0.5) is 8.78 Å². The Morgan fingerprint density at radius 3 is 2.70 bits per heavy atom. The van der Waals surface area contributed by atoms with Crippen LogP contribution in [0.5, 0.6) is 0 Å². The molecule has 0 fully saturated rings. The summed E-state index contributed by atoms with van der Waals surface area (Å²) < 4.78 is 35.7. The molecule has 1 unspecified atom stereocenters. The summed E-state index contributed by atoms with van der Waals surface area (Å²) in [6, 6.07) is 6.00. The number of esters is 1. The minimum atomic E-state index is -0.926. The van der Waals surface area contributed by atoms with Crippen LogP contribution in [-0.2, 0) is 11.2 Å². The number of hydrogen-bond acceptors (Lipinski definition) is 4. The number of ether oxygens (including phenoxy) is 1. The van der Waals surface area contributed by atoms with Gasteiger partial charge in [-0.15, -0.1) is 0 Å². The highest BCUT2D eigenvalue weighted by molar-refractivity contribution is 5.86. The number of hydrogen-bond donors (Lipinski definition) is 1. The van der Waals surface area contributed by atoms with Gasteiger partial charge >= 0.3 is 5.97 Å². The molecule has 2 rings (SSSR count). The van der Waals surface area contributed by atoms with E-state index >= 15 is 0 Å². The van der Waals surface area contributed by atoms with E-state index in [0.29, 0.717) is 11.3 Å². The van der Waals surface area contributed by atoms with Crippen LogP contribution in [0.25, 0.3) is 0 Å². The van der Waals surface area contributed by atoms with E-state index in [0.717, 1.165) is 12.1 Å². The molecule has 106 valence electrons. The Balaban J connectivity index is 2.11. The maximum atomic E-state index is 13.1. The van der Waals surface area contributed by atoms with E-state index in [1.165, 1.54) is 19.2 Å².